The molecule has 2 aromatic heterocycles. The van der Waals surface area contributed by atoms with Crippen LogP contribution in [0.1, 0.15) is 11.5 Å². The molecule has 26 heavy (non-hydrogen) atoms. The van der Waals surface area contributed by atoms with Crippen molar-refractivity contribution >= 4 is 34.9 Å². The molecule has 8 heteroatoms. The van der Waals surface area contributed by atoms with Crippen molar-refractivity contribution in [3.8, 4) is 17.2 Å². The summed E-state index contributed by atoms with van der Waals surface area (Å²) >= 11 is 6.60. The summed E-state index contributed by atoms with van der Waals surface area (Å²) in [5.41, 5.74) is 7.99. The number of rotatable bonds is 3. The van der Waals surface area contributed by atoms with Crippen molar-refractivity contribution in [2.75, 3.05) is 0 Å². The number of halogens is 3. The summed E-state index contributed by atoms with van der Waals surface area (Å²) in [6.45, 7) is 1.84. The van der Waals surface area contributed by atoms with Crippen LogP contribution in [0.2, 0.25) is 5.02 Å². The molecular weight excluding hydrogens is 378 g/mol. The van der Waals surface area contributed by atoms with Crippen LogP contribution in [0.25, 0.3) is 28.1 Å². The van der Waals surface area contributed by atoms with Gasteiger partial charge in [-0.15, -0.1) is 12.4 Å². The van der Waals surface area contributed by atoms with E-state index in [0.29, 0.717) is 33.7 Å². The van der Waals surface area contributed by atoms with Gasteiger partial charge in [0.15, 0.2) is 0 Å². The predicted octanol–water partition coefficient (Wildman–Crippen LogP) is 4.66. The number of nitrogens with two attached hydrogens (primary N) is 1. The quantitative estimate of drug-likeness (QED) is 0.550. The summed E-state index contributed by atoms with van der Waals surface area (Å²) in [4.78, 5) is 4.28. The Morgan fingerprint density at radius 2 is 2.00 bits per heavy atom. The number of fused-ring (bicyclic) bond motifs is 1. The molecule has 2 N–H and O–H groups in total. The second kappa shape index (κ2) is 7.07. The Labute approximate surface area is 160 Å². The number of para-hydroxylation sites is 1. The molecule has 0 unspecified atom stereocenters. The van der Waals surface area contributed by atoms with Gasteiger partial charge in [-0.25, -0.2) is 4.39 Å². The lowest BCUT2D eigenvalue weighted by atomic mass is 10.2. The van der Waals surface area contributed by atoms with Crippen molar-refractivity contribution in [1.82, 2.24) is 14.7 Å². The van der Waals surface area contributed by atoms with Crippen molar-refractivity contribution in [3.05, 3.63) is 64.8 Å². The molecule has 2 aromatic carbocycles. The molecule has 4 aromatic rings. The fourth-order valence-electron chi connectivity index (χ4n) is 2.90. The summed E-state index contributed by atoms with van der Waals surface area (Å²) in [5, 5.41) is 5.29. The Morgan fingerprint density at radius 3 is 2.65 bits per heavy atom. The van der Waals surface area contributed by atoms with Gasteiger partial charge in [-0.3, -0.25) is 0 Å². The van der Waals surface area contributed by atoms with E-state index in [9.17, 15) is 4.39 Å². The van der Waals surface area contributed by atoms with Gasteiger partial charge in [0.05, 0.1) is 10.5 Å². The van der Waals surface area contributed by atoms with Crippen LogP contribution in [0.3, 0.4) is 0 Å². The SMILES string of the molecule is Cc1nc(-c2c(Cl)c3ccccc3n2-c2ccc(CN)c(F)c2)no1.Cl. The first-order valence-corrected chi connectivity index (χ1v) is 8.06. The maximum absolute atomic E-state index is 14.3. The minimum atomic E-state index is -0.371. The van der Waals surface area contributed by atoms with E-state index in [2.05, 4.69) is 10.1 Å². The minimum absolute atomic E-state index is 0. The van der Waals surface area contributed by atoms with Crippen molar-refractivity contribution in [1.29, 1.82) is 0 Å². The van der Waals surface area contributed by atoms with Crippen molar-refractivity contribution in [2.24, 2.45) is 5.73 Å². The molecule has 0 amide bonds. The maximum atomic E-state index is 14.3. The van der Waals surface area contributed by atoms with E-state index >= 15 is 0 Å². The van der Waals surface area contributed by atoms with Crippen molar-refractivity contribution < 1.29 is 8.91 Å². The van der Waals surface area contributed by atoms with Gasteiger partial charge in [0.25, 0.3) is 0 Å². The fourth-order valence-corrected chi connectivity index (χ4v) is 3.23. The maximum Gasteiger partial charge on any atom is 0.223 e. The zero-order valence-electron chi connectivity index (χ0n) is 13.7. The first kappa shape index (κ1) is 18.4. The zero-order chi connectivity index (χ0) is 17.6. The van der Waals surface area contributed by atoms with Gasteiger partial charge < -0.3 is 14.8 Å². The second-order valence-corrected chi connectivity index (χ2v) is 6.01. The molecule has 0 atom stereocenters. The number of aryl methyl sites for hydroxylation is 1. The van der Waals surface area contributed by atoms with Gasteiger partial charge >= 0.3 is 0 Å². The minimum Gasteiger partial charge on any atom is -0.339 e. The molecule has 0 saturated heterocycles. The van der Waals surface area contributed by atoms with Gasteiger partial charge in [-0.05, 0) is 18.2 Å². The molecule has 0 aliphatic rings. The molecule has 0 saturated carbocycles. The van der Waals surface area contributed by atoms with Crippen LogP contribution in [0, 0.1) is 12.7 Å². The van der Waals surface area contributed by atoms with E-state index in [1.54, 1.807) is 19.1 Å². The summed E-state index contributed by atoms with van der Waals surface area (Å²) in [6, 6.07) is 12.5. The third-order valence-corrected chi connectivity index (χ3v) is 4.45. The predicted molar refractivity (Wildman–Crippen MR) is 101 cm³/mol. The average molecular weight is 393 g/mol. The lowest BCUT2D eigenvalue weighted by molar-refractivity contribution is 0.394. The number of aromatic nitrogens is 3. The van der Waals surface area contributed by atoms with E-state index in [0.717, 1.165) is 10.9 Å². The lowest BCUT2D eigenvalue weighted by Crippen LogP contribution is -2.03. The summed E-state index contributed by atoms with van der Waals surface area (Å²) < 4.78 is 21.2. The molecule has 0 bridgehead atoms. The summed E-state index contributed by atoms with van der Waals surface area (Å²) in [5.74, 6) is 0.402. The van der Waals surface area contributed by atoms with Crippen molar-refractivity contribution in [2.45, 2.75) is 13.5 Å². The number of benzene rings is 2. The summed E-state index contributed by atoms with van der Waals surface area (Å²) in [6.07, 6.45) is 0. The lowest BCUT2D eigenvalue weighted by Gasteiger charge is -2.10. The van der Waals surface area contributed by atoms with Crippen LogP contribution in [-0.4, -0.2) is 14.7 Å². The number of nitrogens with zero attached hydrogens (tertiary/aromatic N) is 3. The fraction of sp³-hybridized carbons (Fsp3) is 0.111. The topological polar surface area (TPSA) is 69.9 Å². The number of hydrogen-bond donors (Lipinski definition) is 1. The van der Waals surface area contributed by atoms with Crippen LogP contribution in [0.5, 0.6) is 0 Å². The Kier molecular flexibility index (Phi) is 5.00. The van der Waals surface area contributed by atoms with E-state index in [-0.39, 0.29) is 24.8 Å². The molecule has 5 nitrogen and oxygen atoms in total. The highest BCUT2D eigenvalue weighted by atomic mass is 35.5. The largest absolute Gasteiger partial charge is 0.339 e. The molecule has 0 aliphatic heterocycles. The second-order valence-electron chi connectivity index (χ2n) is 5.63. The van der Waals surface area contributed by atoms with Gasteiger partial charge in [-0.2, -0.15) is 4.98 Å². The molecule has 0 spiro atoms. The Hall–Kier alpha value is -2.41. The molecular formula is C18H15Cl2FN4O. The highest BCUT2D eigenvalue weighted by Crippen LogP contribution is 2.38. The van der Waals surface area contributed by atoms with Crippen molar-refractivity contribution in [3.63, 3.8) is 0 Å². The monoisotopic (exact) mass is 392 g/mol. The smallest absolute Gasteiger partial charge is 0.223 e. The standard InChI is InChI=1S/C18H14ClFN4O.ClH/c1-10-22-18(23-25-10)17-16(19)13-4-2-3-5-15(13)24(17)12-7-6-11(9-21)14(20)8-12;/h2-8H,9,21H2,1H3;1H. The molecule has 0 aliphatic carbocycles. The third-order valence-electron chi connectivity index (χ3n) is 4.07. The molecule has 4 rings (SSSR count). The van der Waals surface area contributed by atoms with Crippen LogP contribution >= 0.6 is 24.0 Å². The first-order valence-electron chi connectivity index (χ1n) is 7.68. The highest BCUT2D eigenvalue weighted by Gasteiger charge is 2.22. The molecule has 2 heterocycles. The van der Waals surface area contributed by atoms with Gasteiger partial charge in [0.2, 0.25) is 11.7 Å². The van der Waals surface area contributed by atoms with Gasteiger partial charge in [0.1, 0.15) is 11.5 Å². The Balaban J connectivity index is 0.00000196. The summed E-state index contributed by atoms with van der Waals surface area (Å²) in [7, 11) is 0. The third kappa shape index (κ3) is 2.86. The molecule has 0 radical (unpaired) electrons. The normalized spacial score (nSPS) is 10.9. The first-order chi connectivity index (χ1) is 12.1. The van der Waals surface area contributed by atoms with Crippen LogP contribution in [0.15, 0.2) is 47.0 Å². The molecule has 134 valence electrons. The molecule has 0 fully saturated rings. The van der Waals surface area contributed by atoms with Crippen LogP contribution in [-0.2, 0) is 6.54 Å². The Morgan fingerprint density at radius 1 is 1.23 bits per heavy atom. The number of hydrogen-bond acceptors (Lipinski definition) is 4. The van der Waals surface area contributed by atoms with Gasteiger partial charge in [0, 0.05) is 30.1 Å². The van der Waals surface area contributed by atoms with Crippen LogP contribution < -0.4 is 5.73 Å². The Bertz CT molecular complexity index is 1090. The highest BCUT2D eigenvalue weighted by molar-refractivity contribution is 6.38. The van der Waals surface area contributed by atoms with E-state index in [1.807, 2.05) is 28.8 Å². The van der Waals surface area contributed by atoms with E-state index < -0.39 is 0 Å². The van der Waals surface area contributed by atoms with E-state index in [4.69, 9.17) is 21.9 Å². The van der Waals surface area contributed by atoms with E-state index in [1.165, 1.54) is 6.07 Å². The van der Waals surface area contributed by atoms with Crippen LogP contribution in [0.4, 0.5) is 4.39 Å². The van der Waals surface area contributed by atoms with Gasteiger partial charge in [-0.1, -0.05) is 41.0 Å². The zero-order valence-corrected chi connectivity index (χ0v) is 15.3. The average Bonchev–Trinajstić information content (AvgIpc) is 3.16.